The maximum absolute atomic E-state index is 11.4. The van der Waals surface area contributed by atoms with Crippen LogP contribution in [-0.2, 0) is 6.42 Å². The van der Waals surface area contributed by atoms with Gasteiger partial charge in [0, 0.05) is 11.6 Å². The van der Waals surface area contributed by atoms with E-state index in [2.05, 4.69) is 4.98 Å². The van der Waals surface area contributed by atoms with Crippen molar-refractivity contribution in [1.82, 2.24) is 4.98 Å². The van der Waals surface area contributed by atoms with E-state index in [0.717, 1.165) is 17.2 Å². The lowest BCUT2D eigenvalue weighted by atomic mass is 10.1. The number of nitrogens with one attached hydrogen (secondary N) is 1. The highest BCUT2D eigenvalue weighted by Gasteiger charge is 1.98. The molecule has 0 radical (unpaired) electrons. The average Bonchev–Trinajstić information content (AvgIpc) is 2.18. The number of fused-ring (bicyclic) bond motifs is 1. The van der Waals surface area contributed by atoms with Gasteiger partial charge in [-0.3, -0.25) is 4.79 Å². The van der Waals surface area contributed by atoms with Gasteiger partial charge in [0.05, 0.1) is 0 Å². The van der Waals surface area contributed by atoms with Crippen LogP contribution in [0.2, 0.25) is 0 Å². The number of rotatable bonds is 2. The lowest BCUT2D eigenvalue weighted by Gasteiger charge is -2.00. The van der Waals surface area contributed by atoms with Crippen molar-refractivity contribution in [3.05, 3.63) is 46.4 Å². The van der Waals surface area contributed by atoms with Gasteiger partial charge in [0.2, 0.25) is 0 Å². The number of H-pyrrole nitrogens is 1. The Labute approximate surface area is 81.6 Å². The molecule has 2 rings (SSSR count). The van der Waals surface area contributed by atoms with Gasteiger partial charge < -0.3 is 10.7 Å². The summed E-state index contributed by atoms with van der Waals surface area (Å²) in [5.74, 6) is 0. The Bertz CT molecular complexity index is 502. The molecule has 14 heavy (non-hydrogen) atoms. The molecular formula is C11H12N2O. The summed E-state index contributed by atoms with van der Waals surface area (Å²) in [6.07, 6.45) is 2.51. The minimum atomic E-state index is -0.0400. The van der Waals surface area contributed by atoms with Crippen molar-refractivity contribution in [2.75, 3.05) is 6.54 Å². The summed E-state index contributed by atoms with van der Waals surface area (Å²) in [6, 6.07) is 7.71. The molecule has 0 aliphatic rings. The zero-order chi connectivity index (χ0) is 9.97. The van der Waals surface area contributed by atoms with E-state index < -0.39 is 0 Å². The molecule has 72 valence electrons. The maximum atomic E-state index is 11.4. The molecule has 1 aromatic carbocycles. The summed E-state index contributed by atoms with van der Waals surface area (Å²) in [5.41, 5.74) is 6.60. The summed E-state index contributed by atoms with van der Waals surface area (Å²) in [6.45, 7) is 0.634. The minimum absolute atomic E-state index is 0.0400. The number of benzene rings is 1. The van der Waals surface area contributed by atoms with Gasteiger partial charge in [-0.25, -0.2) is 0 Å². The zero-order valence-corrected chi connectivity index (χ0v) is 7.79. The van der Waals surface area contributed by atoms with E-state index in [0.29, 0.717) is 6.54 Å². The van der Waals surface area contributed by atoms with Gasteiger partial charge in [-0.05, 0) is 36.0 Å². The summed E-state index contributed by atoms with van der Waals surface area (Å²) in [4.78, 5) is 14.0. The molecule has 0 spiro atoms. The van der Waals surface area contributed by atoms with Crippen molar-refractivity contribution in [3.8, 4) is 0 Å². The van der Waals surface area contributed by atoms with Crippen LogP contribution in [0.5, 0.6) is 0 Å². The van der Waals surface area contributed by atoms with E-state index >= 15 is 0 Å². The topological polar surface area (TPSA) is 58.9 Å². The van der Waals surface area contributed by atoms with Gasteiger partial charge in [-0.2, -0.15) is 0 Å². The molecule has 3 nitrogen and oxygen atoms in total. The van der Waals surface area contributed by atoms with Gasteiger partial charge >= 0.3 is 0 Å². The van der Waals surface area contributed by atoms with Gasteiger partial charge in [0.1, 0.15) is 0 Å². The number of hydrogen-bond donors (Lipinski definition) is 2. The molecular weight excluding hydrogens is 176 g/mol. The fourth-order valence-corrected chi connectivity index (χ4v) is 1.56. The van der Waals surface area contributed by atoms with Crippen LogP contribution in [0.4, 0.5) is 0 Å². The van der Waals surface area contributed by atoms with Crippen molar-refractivity contribution in [3.63, 3.8) is 0 Å². The van der Waals surface area contributed by atoms with Crippen LogP contribution >= 0.6 is 0 Å². The van der Waals surface area contributed by atoms with Crippen LogP contribution < -0.4 is 11.3 Å². The van der Waals surface area contributed by atoms with Gasteiger partial charge in [-0.15, -0.1) is 0 Å². The highest BCUT2D eigenvalue weighted by Crippen LogP contribution is 2.11. The van der Waals surface area contributed by atoms with Crippen LogP contribution in [0.1, 0.15) is 5.56 Å². The Morgan fingerprint density at radius 1 is 1.29 bits per heavy atom. The predicted molar refractivity (Wildman–Crippen MR) is 57.3 cm³/mol. The number of aromatic nitrogens is 1. The summed E-state index contributed by atoms with van der Waals surface area (Å²) in [5, 5.41) is 1.70. The molecule has 1 aromatic heterocycles. The quantitative estimate of drug-likeness (QED) is 0.739. The van der Waals surface area contributed by atoms with Crippen molar-refractivity contribution in [2.24, 2.45) is 5.73 Å². The first kappa shape index (κ1) is 8.97. The van der Waals surface area contributed by atoms with Crippen molar-refractivity contribution in [1.29, 1.82) is 0 Å². The third kappa shape index (κ3) is 1.54. The third-order valence-electron chi connectivity index (χ3n) is 2.27. The smallest absolute Gasteiger partial charge is 0.255 e. The normalized spacial score (nSPS) is 10.6. The monoisotopic (exact) mass is 188 g/mol. The van der Waals surface area contributed by atoms with Crippen LogP contribution in [0.25, 0.3) is 10.8 Å². The number of hydrogen-bond acceptors (Lipinski definition) is 2. The SMILES string of the molecule is NCCc1ccc2c(=O)[nH]ccc2c1. The highest BCUT2D eigenvalue weighted by molar-refractivity contribution is 5.81. The first-order chi connectivity index (χ1) is 6.81. The van der Waals surface area contributed by atoms with Gasteiger partial charge in [-0.1, -0.05) is 12.1 Å². The van der Waals surface area contributed by atoms with Crippen molar-refractivity contribution in [2.45, 2.75) is 6.42 Å². The van der Waals surface area contributed by atoms with E-state index in [1.807, 2.05) is 24.3 Å². The van der Waals surface area contributed by atoms with Crippen LogP contribution in [0, 0.1) is 0 Å². The first-order valence-electron chi connectivity index (χ1n) is 4.61. The van der Waals surface area contributed by atoms with Crippen LogP contribution in [0.15, 0.2) is 35.3 Å². The number of nitrogens with two attached hydrogens (primary N) is 1. The second kappa shape index (κ2) is 3.64. The minimum Gasteiger partial charge on any atom is -0.330 e. The van der Waals surface area contributed by atoms with E-state index in [4.69, 9.17) is 5.73 Å². The van der Waals surface area contributed by atoms with E-state index in [-0.39, 0.29) is 5.56 Å². The Morgan fingerprint density at radius 2 is 2.14 bits per heavy atom. The molecule has 1 heterocycles. The Kier molecular flexibility index (Phi) is 2.33. The standard InChI is InChI=1S/C11H12N2O/c12-5-3-8-1-2-10-9(7-8)4-6-13-11(10)14/h1-2,4,6-7H,3,5,12H2,(H,13,14). The molecule has 3 N–H and O–H groups in total. The van der Waals surface area contributed by atoms with E-state index in [1.54, 1.807) is 6.20 Å². The zero-order valence-electron chi connectivity index (χ0n) is 7.79. The van der Waals surface area contributed by atoms with Gasteiger partial charge in [0.25, 0.3) is 5.56 Å². The molecule has 0 saturated carbocycles. The third-order valence-corrected chi connectivity index (χ3v) is 2.27. The van der Waals surface area contributed by atoms with E-state index in [9.17, 15) is 4.79 Å². The maximum Gasteiger partial charge on any atom is 0.255 e. The Hall–Kier alpha value is -1.61. The molecule has 0 fully saturated rings. The molecule has 0 saturated heterocycles. The van der Waals surface area contributed by atoms with Crippen LogP contribution in [0.3, 0.4) is 0 Å². The second-order valence-electron chi connectivity index (χ2n) is 3.27. The molecule has 0 unspecified atom stereocenters. The fourth-order valence-electron chi connectivity index (χ4n) is 1.56. The molecule has 0 amide bonds. The Balaban J connectivity index is 2.61. The highest BCUT2D eigenvalue weighted by atomic mass is 16.1. The lowest BCUT2D eigenvalue weighted by Crippen LogP contribution is -2.06. The van der Waals surface area contributed by atoms with Crippen molar-refractivity contribution >= 4 is 10.8 Å². The predicted octanol–water partition coefficient (Wildman–Crippen LogP) is 1.03. The summed E-state index contributed by atoms with van der Waals surface area (Å²) >= 11 is 0. The molecule has 0 aliphatic heterocycles. The molecule has 0 aliphatic carbocycles. The largest absolute Gasteiger partial charge is 0.330 e. The average molecular weight is 188 g/mol. The fraction of sp³-hybridized carbons (Fsp3) is 0.182. The van der Waals surface area contributed by atoms with Gasteiger partial charge in [0.15, 0.2) is 0 Å². The van der Waals surface area contributed by atoms with Crippen molar-refractivity contribution < 1.29 is 0 Å². The number of aromatic amines is 1. The first-order valence-corrected chi connectivity index (χ1v) is 4.61. The number of pyridine rings is 1. The lowest BCUT2D eigenvalue weighted by molar-refractivity contribution is 0.971. The summed E-state index contributed by atoms with van der Waals surface area (Å²) in [7, 11) is 0. The van der Waals surface area contributed by atoms with E-state index in [1.165, 1.54) is 5.56 Å². The Morgan fingerprint density at radius 3 is 2.93 bits per heavy atom. The molecule has 3 heteroatoms. The molecule has 0 atom stereocenters. The summed E-state index contributed by atoms with van der Waals surface area (Å²) < 4.78 is 0. The molecule has 2 aromatic rings. The molecule has 0 bridgehead atoms. The second-order valence-corrected chi connectivity index (χ2v) is 3.27. The van der Waals surface area contributed by atoms with Crippen LogP contribution in [-0.4, -0.2) is 11.5 Å².